The molecule has 200 valence electrons. The van der Waals surface area contributed by atoms with E-state index < -0.39 is 17.1 Å². The molecule has 0 atom stereocenters. The Morgan fingerprint density at radius 3 is 2.59 bits per heavy atom. The van der Waals surface area contributed by atoms with Gasteiger partial charge >= 0.3 is 5.97 Å². The number of nitrogens with zero attached hydrogens (tertiary/aromatic N) is 1. The van der Waals surface area contributed by atoms with Gasteiger partial charge in [0.15, 0.2) is 23.0 Å². The molecule has 1 fully saturated rings. The van der Waals surface area contributed by atoms with Crippen molar-refractivity contribution in [2.75, 3.05) is 13.4 Å². The van der Waals surface area contributed by atoms with Crippen LogP contribution in [0.15, 0.2) is 53.4 Å². The summed E-state index contributed by atoms with van der Waals surface area (Å²) in [5.41, 5.74) is 1.37. The van der Waals surface area contributed by atoms with E-state index in [1.807, 2.05) is 22.6 Å². The molecule has 0 unspecified atom stereocenters. The number of carbonyl (C=O) groups excluding carboxylic acids is 3. The number of fused-ring (bicyclic) bond motifs is 1. The third kappa shape index (κ3) is 5.84. The summed E-state index contributed by atoms with van der Waals surface area (Å²) in [5.74, 6) is 0.465. The highest BCUT2D eigenvalue weighted by Crippen LogP contribution is 2.41. The van der Waals surface area contributed by atoms with Crippen LogP contribution in [0.1, 0.15) is 28.4 Å². The molecule has 0 bridgehead atoms. The van der Waals surface area contributed by atoms with E-state index in [1.165, 1.54) is 0 Å². The van der Waals surface area contributed by atoms with Crippen molar-refractivity contribution < 1.29 is 33.3 Å². The third-order valence-corrected chi connectivity index (χ3v) is 8.05. The normalized spacial score (nSPS) is 15.3. The van der Waals surface area contributed by atoms with Crippen molar-refractivity contribution in [3.63, 3.8) is 0 Å². The largest absolute Gasteiger partial charge is 0.490 e. The minimum atomic E-state index is -0.629. The molecule has 0 saturated carbocycles. The quantitative estimate of drug-likeness (QED) is 0.111. The van der Waals surface area contributed by atoms with Gasteiger partial charge in [-0.05, 0) is 88.8 Å². The molecule has 0 radical (unpaired) electrons. The minimum absolute atomic E-state index is 0.0177. The van der Waals surface area contributed by atoms with E-state index in [4.69, 9.17) is 42.1 Å². The fourth-order valence-corrected chi connectivity index (χ4v) is 5.85. The van der Waals surface area contributed by atoms with Crippen LogP contribution in [-0.2, 0) is 11.3 Å². The second-order valence-corrected chi connectivity index (χ2v) is 11.2. The number of carbonyl (C=O) groups is 3. The van der Waals surface area contributed by atoms with Gasteiger partial charge in [-0.2, -0.15) is 0 Å². The number of ether oxygens (including phenoxy) is 4. The van der Waals surface area contributed by atoms with Crippen molar-refractivity contribution in [3.8, 4) is 23.0 Å². The summed E-state index contributed by atoms with van der Waals surface area (Å²) in [4.78, 5) is 40.0. The van der Waals surface area contributed by atoms with E-state index in [-0.39, 0.29) is 34.6 Å². The monoisotopic (exact) mass is 697 g/mol. The SMILES string of the molecule is CCOc1cc(/C=C2\SC(=O)N(Cc3cc4c(cc3Cl)OCO4)C2=O)cc(I)c1OC(=O)c1ccccc1Cl. The number of imide groups is 1. The molecule has 0 N–H and O–H groups in total. The lowest BCUT2D eigenvalue weighted by atomic mass is 10.1. The Bertz CT molecular complexity index is 1540. The number of esters is 1. The molecular formula is C27H18Cl2INO7S. The van der Waals surface area contributed by atoms with E-state index >= 15 is 0 Å². The highest BCUT2D eigenvalue weighted by atomic mass is 127. The Balaban J connectivity index is 1.39. The fraction of sp³-hybridized carbons (Fsp3) is 0.148. The second-order valence-electron chi connectivity index (χ2n) is 8.20. The standard InChI is InChI=1S/C27H18Cl2INO7S/c1-2-35-22-8-14(7-19(30)24(22)38-26(33)16-5-3-4-6-17(16)28)9-23-25(32)31(27(34)39-23)12-15-10-20-21(11-18(15)29)37-13-36-20/h3-11H,2,12-13H2,1H3/b23-9-. The Kier molecular flexibility index (Phi) is 8.27. The van der Waals surface area contributed by atoms with Crippen LogP contribution in [0.3, 0.4) is 0 Å². The van der Waals surface area contributed by atoms with Crippen LogP contribution in [0.5, 0.6) is 23.0 Å². The first-order valence-electron chi connectivity index (χ1n) is 11.5. The Morgan fingerprint density at radius 2 is 1.85 bits per heavy atom. The van der Waals surface area contributed by atoms with Gasteiger partial charge in [-0.1, -0.05) is 35.3 Å². The maximum absolute atomic E-state index is 13.2. The summed E-state index contributed by atoms with van der Waals surface area (Å²) in [6.07, 6.45) is 1.59. The van der Waals surface area contributed by atoms with Gasteiger partial charge in [-0.25, -0.2) is 4.79 Å². The van der Waals surface area contributed by atoms with Crippen LogP contribution in [0.25, 0.3) is 6.08 Å². The van der Waals surface area contributed by atoms with Crippen LogP contribution in [-0.4, -0.2) is 35.4 Å². The molecule has 2 amide bonds. The second kappa shape index (κ2) is 11.7. The molecule has 3 aromatic carbocycles. The molecule has 2 aliphatic rings. The molecule has 3 aromatic rings. The van der Waals surface area contributed by atoms with Crippen molar-refractivity contribution in [2.24, 2.45) is 0 Å². The van der Waals surface area contributed by atoms with Crippen LogP contribution >= 0.6 is 57.6 Å². The lowest BCUT2D eigenvalue weighted by Crippen LogP contribution is -2.27. The average Bonchev–Trinajstić information content (AvgIpc) is 3.45. The summed E-state index contributed by atoms with van der Waals surface area (Å²) >= 11 is 15.3. The molecule has 0 aliphatic carbocycles. The summed E-state index contributed by atoms with van der Waals surface area (Å²) < 4.78 is 22.6. The Morgan fingerprint density at radius 1 is 1.10 bits per heavy atom. The minimum Gasteiger partial charge on any atom is -0.490 e. The average molecular weight is 698 g/mol. The van der Waals surface area contributed by atoms with Crippen molar-refractivity contribution in [1.29, 1.82) is 0 Å². The maximum atomic E-state index is 13.2. The molecule has 0 spiro atoms. The van der Waals surface area contributed by atoms with Gasteiger partial charge in [0, 0.05) is 11.1 Å². The number of hydrogen-bond acceptors (Lipinski definition) is 8. The fourth-order valence-electron chi connectivity index (χ4n) is 3.85. The van der Waals surface area contributed by atoms with E-state index in [0.29, 0.717) is 43.6 Å². The van der Waals surface area contributed by atoms with Gasteiger partial charge in [0.1, 0.15) is 0 Å². The number of amides is 2. The first kappa shape index (κ1) is 27.6. The smallest absolute Gasteiger partial charge is 0.345 e. The van der Waals surface area contributed by atoms with Crippen molar-refractivity contribution in [2.45, 2.75) is 13.5 Å². The van der Waals surface area contributed by atoms with Crippen molar-refractivity contribution in [3.05, 3.63) is 83.7 Å². The lowest BCUT2D eigenvalue weighted by molar-refractivity contribution is -0.123. The van der Waals surface area contributed by atoms with Crippen LogP contribution in [0, 0.1) is 3.57 Å². The van der Waals surface area contributed by atoms with Crippen molar-refractivity contribution >= 4 is 80.7 Å². The lowest BCUT2D eigenvalue weighted by Gasteiger charge is -2.15. The highest BCUT2D eigenvalue weighted by molar-refractivity contribution is 14.1. The van der Waals surface area contributed by atoms with E-state index in [0.717, 1.165) is 16.7 Å². The number of thioether (sulfide) groups is 1. The molecule has 8 nitrogen and oxygen atoms in total. The highest BCUT2D eigenvalue weighted by Gasteiger charge is 2.36. The molecule has 2 heterocycles. The molecule has 2 aliphatic heterocycles. The number of benzene rings is 3. The summed E-state index contributed by atoms with van der Waals surface area (Å²) in [7, 11) is 0. The number of halogens is 3. The summed E-state index contributed by atoms with van der Waals surface area (Å²) in [6, 6.07) is 13.2. The van der Waals surface area contributed by atoms with E-state index in [2.05, 4.69) is 0 Å². The van der Waals surface area contributed by atoms with E-state index in [9.17, 15) is 14.4 Å². The number of rotatable bonds is 7. The Hall–Kier alpha value is -2.93. The third-order valence-electron chi connectivity index (χ3n) is 5.66. The zero-order chi connectivity index (χ0) is 27.7. The predicted molar refractivity (Wildman–Crippen MR) is 156 cm³/mol. The van der Waals surface area contributed by atoms with E-state index in [1.54, 1.807) is 61.5 Å². The molecule has 0 aromatic heterocycles. The van der Waals surface area contributed by atoms with Gasteiger partial charge < -0.3 is 18.9 Å². The topological polar surface area (TPSA) is 91.4 Å². The van der Waals surface area contributed by atoms with Gasteiger partial charge in [0.25, 0.3) is 11.1 Å². The van der Waals surface area contributed by atoms with Crippen LogP contribution < -0.4 is 18.9 Å². The zero-order valence-corrected chi connectivity index (χ0v) is 24.7. The summed E-state index contributed by atoms with van der Waals surface area (Å²) in [6.45, 7) is 2.17. The number of hydrogen-bond donors (Lipinski definition) is 0. The van der Waals surface area contributed by atoms with Crippen molar-refractivity contribution in [1.82, 2.24) is 4.90 Å². The molecule has 12 heteroatoms. The molecule has 5 rings (SSSR count). The predicted octanol–water partition coefficient (Wildman–Crippen LogP) is 7.18. The first-order chi connectivity index (χ1) is 18.7. The first-order valence-corrected chi connectivity index (χ1v) is 14.2. The Labute approximate surface area is 251 Å². The zero-order valence-electron chi connectivity index (χ0n) is 20.2. The molecule has 1 saturated heterocycles. The van der Waals surface area contributed by atoms with Gasteiger partial charge in [0.05, 0.1) is 32.2 Å². The van der Waals surface area contributed by atoms with Crippen LogP contribution in [0.4, 0.5) is 4.79 Å². The maximum Gasteiger partial charge on any atom is 0.345 e. The summed E-state index contributed by atoms with van der Waals surface area (Å²) in [5, 5.41) is 0.204. The van der Waals surface area contributed by atoms with Crippen LogP contribution in [0.2, 0.25) is 10.0 Å². The molecule has 39 heavy (non-hydrogen) atoms. The van der Waals surface area contributed by atoms with Gasteiger partial charge in [-0.15, -0.1) is 0 Å². The van der Waals surface area contributed by atoms with Gasteiger partial charge in [-0.3, -0.25) is 14.5 Å². The molecular weight excluding hydrogens is 680 g/mol. The van der Waals surface area contributed by atoms with Gasteiger partial charge in [0.2, 0.25) is 6.79 Å².